The van der Waals surface area contributed by atoms with E-state index < -0.39 is 16.0 Å². The molecule has 3 rings (SSSR count). The minimum absolute atomic E-state index is 0.0604. The molecular formula is C22H20ClNO4S. The van der Waals surface area contributed by atoms with E-state index in [4.69, 9.17) is 16.3 Å². The Bertz CT molecular complexity index is 1130. The average Bonchev–Trinajstić information content (AvgIpc) is 2.68. The molecule has 0 amide bonds. The summed E-state index contributed by atoms with van der Waals surface area (Å²) in [4.78, 5) is 12.5. The van der Waals surface area contributed by atoms with Crippen molar-refractivity contribution >= 4 is 33.3 Å². The summed E-state index contributed by atoms with van der Waals surface area (Å²) in [6.07, 6.45) is 0. The molecule has 0 saturated heterocycles. The Morgan fingerprint density at radius 2 is 1.62 bits per heavy atom. The van der Waals surface area contributed by atoms with Gasteiger partial charge in [0.1, 0.15) is 10.6 Å². The molecule has 0 saturated carbocycles. The van der Waals surface area contributed by atoms with E-state index in [1.54, 1.807) is 54.6 Å². The van der Waals surface area contributed by atoms with E-state index in [0.717, 1.165) is 5.56 Å². The molecule has 0 heterocycles. The van der Waals surface area contributed by atoms with E-state index in [9.17, 15) is 13.2 Å². The first-order valence-corrected chi connectivity index (χ1v) is 10.8. The lowest BCUT2D eigenvalue weighted by Crippen LogP contribution is -2.18. The third kappa shape index (κ3) is 4.96. The van der Waals surface area contributed by atoms with Crippen LogP contribution in [0.1, 0.15) is 35.7 Å². The van der Waals surface area contributed by atoms with Crippen molar-refractivity contribution in [2.75, 3.05) is 4.72 Å². The molecule has 5 nitrogen and oxygen atoms in total. The molecule has 0 spiro atoms. The Morgan fingerprint density at radius 1 is 0.966 bits per heavy atom. The predicted octanol–water partition coefficient (Wildman–Crippen LogP) is 5.48. The van der Waals surface area contributed by atoms with Crippen molar-refractivity contribution in [1.82, 2.24) is 0 Å². The topological polar surface area (TPSA) is 72.5 Å². The number of esters is 1. The molecule has 0 bridgehead atoms. The maximum absolute atomic E-state index is 12.9. The van der Waals surface area contributed by atoms with Crippen LogP contribution in [0, 0.1) is 0 Å². The summed E-state index contributed by atoms with van der Waals surface area (Å²) in [6, 6.07) is 19.6. The highest BCUT2D eigenvalue weighted by molar-refractivity contribution is 7.92. The lowest BCUT2D eigenvalue weighted by atomic mass is 10.0. The number of benzene rings is 3. The number of hydrogen-bond donors (Lipinski definition) is 1. The number of halogens is 1. The normalized spacial score (nSPS) is 11.3. The molecule has 0 radical (unpaired) electrons. The van der Waals surface area contributed by atoms with Crippen LogP contribution in [0.25, 0.3) is 0 Å². The van der Waals surface area contributed by atoms with E-state index in [2.05, 4.69) is 4.72 Å². The zero-order valence-electron chi connectivity index (χ0n) is 15.9. The van der Waals surface area contributed by atoms with Crippen LogP contribution in [0.5, 0.6) is 5.75 Å². The summed E-state index contributed by atoms with van der Waals surface area (Å²) in [6.45, 7) is 3.99. The minimum atomic E-state index is -4.01. The minimum Gasteiger partial charge on any atom is -0.423 e. The van der Waals surface area contributed by atoms with E-state index in [1.807, 2.05) is 13.8 Å². The first-order chi connectivity index (χ1) is 13.8. The molecule has 0 aliphatic heterocycles. The largest absolute Gasteiger partial charge is 0.423 e. The number of rotatable bonds is 6. The highest BCUT2D eigenvalue weighted by Gasteiger charge is 2.22. The number of ether oxygens (including phenoxy) is 1. The number of nitrogens with one attached hydrogen (secondary N) is 1. The molecule has 29 heavy (non-hydrogen) atoms. The van der Waals surface area contributed by atoms with Crippen LogP contribution in [-0.4, -0.2) is 14.4 Å². The molecule has 0 aliphatic rings. The highest BCUT2D eigenvalue weighted by atomic mass is 35.5. The fraction of sp³-hybridized carbons (Fsp3) is 0.136. The lowest BCUT2D eigenvalue weighted by Gasteiger charge is -2.14. The number of carbonyl (C=O) groups excluding carboxylic acids is 1. The van der Waals surface area contributed by atoms with Gasteiger partial charge in [0.15, 0.2) is 0 Å². The van der Waals surface area contributed by atoms with Crippen LogP contribution < -0.4 is 9.46 Å². The standard InChI is InChI=1S/C22H20ClNO4S/c1-15(2)16-12-13-21(19(23)14-16)29(26,27)24-20-11-7-6-10-18(20)22(25)28-17-8-4-3-5-9-17/h3-15,24H,1-2H3. The molecule has 150 valence electrons. The third-order valence-corrected chi connectivity index (χ3v) is 6.11. The van der Waals surface area contributed by atoms with Gasteiger partial charge in [0, 0.05) is 0 Å². The van der Waals surface area contributed by atoms with Gasteiger partial charge in [0.25, 0.3) is 10.0 Å². The summed E-state index contributed by atoms with van der Waals surface area (Å²) < 4.78 is 33.6. The molecule has 0 fully saturated rings. The monoisotopic (exact) mass is 429 g/mol. The molecule has 0 aliphatic carbocycles. The van der Waals surface area contributed by atoms with E-state index in [0.29, 0.717) is 5.75 Å². The maximum Gasteiger partial charge on any atom is 0.345 e. The summed E-state index contributed by atoms with van der Waals surface area (Å²) in [5, 5.41) is 0.119. The number of sulfonamides is 1. The van der Waals surface area contributed by atoms with Crippen LogP contribution in [0.2, 0.25) is 5.02 Å². The number of carbonyl (C=O) groups is 1. The summed E-state index contributed by atoms with van der Waals surface area (Å²) in [7, 11) is -4.01. The van der Waals surface area contributed by atoms with Gasteiger partial charge in [0.05, 0.1) is 16.3 Å². The van der Waals surface area contributed by atoms with Gasteiger partial charge in [0.2, 0.25) is 0 Å². The average molecular weight is 430 g/mol. The zero-order chi connectivity index (χ0) is 21.0. The number of hydrogen-bond acceptors (Lipinski definition) is 4. The first kappa shape index (κ1) is 20.9. The summed E-state index contributed by atoms with van der Waals surface area (Å²) in [5.74, 6) is -0.0936. The van der Waals surface area contributed by atoms with Crippen LogP contribution in [-0.2, 0) is 10.0 Å². The molecule has 7 heteroatoms. The molecule has 3 aromatic rings. The van der Waals surface area contributed by atoms with Crippen molar-refractivity contribution in [3.63, 3.8) is 0 Å². The second kappa shape index (κ2) is 8.68. The van der Waals surface area contributed by atoms with Crippen molar-refractivity contribution in [3.05, 3.63) is 88.9 Å². The predicted molar refractivity (Wildman–Crippen MR) is 114 cm³/mol. The number of anilines is 1. The molecule has 0 aromatic heterocycles. The Labute approximate surface area is 175 Å². The van der Waals surface area contributed by atoms with E-state index in [1.165, 1.54) is 18.2 Å². The molecular weight excluding hydrogens is 410 g/mol. The van der Waals surface area contributed by atoms with E-state index in [-0.39, 0.29) is 27.1 Å². The Balaban J connectivity index is 1.89. The van der Waals surface area contributed by atoms with Crippen molar-refractivity contribution in [3.8, 4) is 5.75 Å². The second-order valence-corrected chi connectivity index (χ2v) is 8.76. The van der Waals surface area contributed by atoms with E-state index >= 15 is 0 Å². The number of para-hydroxylation sites is 2. The first-order valence-electron chi connectivity index (χ1n) is 8.96. The summed E-state index contributed by atoms with van der Waals surface area (Å²) >= 11 is 6.22. The highest BCUT2D eigenvalue weighted by Crippen LogP contribution is 2.29. The Hall–Kier alpha value is -2.83. The molecule has 0 unspecified atom stereocenters. The lowest BCUT2D eigenvalue weighted by molar-refractivity contribution is 0.0736. The van der Waals surface area contributed by atoms with Gasteiger partial charge in [-0.15, -0.1) is 0 Å². The van der Waals surface area contributed by atoms with Gasteiger partial charge in [-0.25, -0.2) is 13.2 Å². The molecule has 3 aromatic carbocycles. The van der Waals surface area contributed by atoms with Gasteiger partial charge in [-0.2, -0.15) is 0 Å². The van der Waals surface area contributed by atoms with Crippen molar-refractivity contribution in [1.29, 1.82) is 0 Å². The maximum atomic E-state index is 12.9. The van der Waals surface area contributed by atoms with Crippen LogP contribution >= 0.6 is 11.6 Å². The Morgan fingerprint density at radius 3 is 2.28 bits per heavy atom. The smallest absolute Gasteiger partial charge is 0.345 e. The SMILES string of the molecule is CC(C)c1ccc(S(=O)(=O)Nc2ccccc2C(=O)Oc2ccccc2)c(Cl)c1. The van der Waals surface area contributed by atoms with Gasteiger partial charge >= 0.3 is 5.97 Å². The van der Waals surface area contributed by atoms with Crippen LogP contribution in [0.15, 0.2) is 77.7 Å². The van der Waals surface area contributed by atoms with Crippen molar-refractivity contribution in [2.24, 2.45) is 0 Å². The van der Waals surface area contributed by atoms with Gasteiger partial charge in [-0.1, -0.05) is 61.8 Å². The van der Waals surface area contributed by atoms with Crippen molar-refractivity contribution in [2.45, 2.75) is 24.7 Å². The van der Waals surface area contributed by atoms with Crippen molar-refractivity contribution < 1.29 is 17.9 Å². The third-order valence-electron chi connectivity index (χ3n) is 4.26. The Kier molecular flexibility index (Phi) is 6.25. The second-order valence-electron chi connectivity index (χ2n) is 6.70. The summed E-state index contributed by atoms with van der Waals surface area (Å²) in [5.41, 5.74) is 1.13. The fourth-order valence-corrected chi connectivity index (χ4v) is 4.33. The fourth-order valence-electron chi connectivity index (χ4n) is 2.69. The van der Waals surface area contributed by atoms with Gasteiger partial charge in [-0.05, 0) is 47.9 Å². The molecule has 1 N–H and O–H groups in total. The molecule has 0 atom stereocenters. The van der Waals surface area contributed by atoms with Crippen LogP contribution in [0.3, 0.4) is 0 Å². The zero-order valence-corrected chi connectivity index (χ0v) is 17.5. The van der Waals surface area contributed by atoms with Gasteiger partial charge < -0.3 is 4.74 Å². The quantitative estimate of drug-likeness (QED) is 0.415. The van der Waals surface area contributed by atoms with Gasteiger partial charge in [-0.3, -0.25) is 4.72 Å². The van der Waals surface area contributed by atoms with Crippen LogP contribution in [0.4, 0.5) is 5.69 Å².